The van der Waals surface area contributed by atoms with E-state index < -0.39 is 11.7 Å². The van der Waals surface area contributed by atoms with Gasteiger partial charge >= 0.3 is 6.18 Å². The Morgan fingerprint density at radius 3 is 2.52 bits per heavy atom. The van der Waals surface area contributed by atoms with Gasteiger partial charge in [0.15, 0.2) is 0 Å². The molecule has 6 heteroatoms. The van der Waals surface area contributed by atoms with Crippen LogP contribution in [0.2, 0.25) is 0 Å². The van der Waals surface area contributed by atoms with Crippen molar-refractivity contribution in [2.75, 3.05) is 5.32 Å². The molecule has 1 heterocycles. The van der Waals surface area contributed by atoms with Gasteiger partial charge in [0.05, 0.1) is 5.56 Å². The summed E-state index contributed by atoms with van der Waals surface area (Å²) in [6.45, 7) is 2.17. The van der Waals surface area contributed by atoms with E-state index in [0.717, 1.165) is 37.7 Å². The highest BCUT2D eigenvalue weighted by Gasteiger charge is 2.35. The van der Waals surface area contributed by atoms with Crippen LogP contribution in [0, 0.1) is 5.92 Å². The van der Waals surface area contributed by atoms with Crippen LogP contribution in [0.25, 0.3) is 0 Å². The lowest BCUT2D eigenvalue weighted by molar-refractivity contribution is -0.137. The minimum Gasteiger partial charge on any atom is -0.367 e. The van der Waals surface area contributed by atoms with Gasteiger partial charge in [-0.05, 0) is 53.6 Å². The Balaban J connectivity index is 2.04. The lowest BCUT2D eigenvalue weighted by Gasteiger charge is -2.30. The van der Waals surface area contributed by atoms with Gasteiger partial charge in [-0.2, -0.15) is 13.2 Å². The lowest BCUT2D eigenvalue weighted by atomic mass is 9.83. The summed E-state index contributed by atoms with van der Waals surface area (Å²) >= 11 is 3.05. The van der Waals surface area contributed by atoms with Crippen molar-refractivity contribution in [2.45, 2.75) is 57.7 Å². The van der Waals surface area contributed by atoms with Gasteiger partial charge in [0, 0.05) is 16.7 Å². The second-order valence-electron chi connectivity index (χ2n) is 5.70. The van der Waals surface area contributed by atoms with Gasteiger partial charge in [0.25, 0.3) is 0 Å². The molecule has 0 bridgehead atoms. The van der Waals surface area contributed by atoms with E-state index in [1.54, 1.807) is 0 Å². The first-order valence-electron chi connectivity index (χ1n) is 7.39. The molecule has 1 fully saturated rings. The maximum Gasteiger partial charge on any atom is 0.419 e. The highest BCUT2D eigenvalue weighted by molar-refractivity contribution is 9.10. The van der Waals surface area contributed by atoms with Crippen LogP contribution in [0.15, 0.2) is 16.7 Å². The van der Waals surface area contributed by atoms with Crippen molar-refractivity contribution in [1.82, 2.24) is 4.98 Å². The fourth-order valence-corrected chi connectivity index (χ4v) is 3.30. The van der Waals surface area contributed by atoms with Gasteiger partial charge in [0.1, 0.15) is 5.82 Å². The fourth-order valence-electron chi connectivity index (χ4n) is 2.97. The van der Waals surface area contributed by atoms with Gasteiger partial charge < -0.3 is 5.32 Å². The smallest absolute Gasteiger partial charge is 0.367 e. The molecule has 2 rings (SSSR count). The number of halogens is 4. The molecule has 1 aliphatic carbocycles. The Hall–Kier alpha value is -0.780. The van der Waals surface area contributed by atoms with Crippen LogP contribution in [-0.2, 0) is 6.18 Å². The third-order valence-electron chi connectivity index (χ3n) is 4.04. The number of rotatable bonds is 4. The molecular weight excluding hydrogens is 345 g/mol. The number of nitrogens with zero attached hydrogens (tertiary/aromatic N) is 1. The molecule has 0 radical (unpaired) electrons. The second kappa shape index (κ2) is 6.99. The van der Waals surface area contributed by atoms with E-state index in [2.05, 4.69) is 33.2 Å². The monoisotopic (exact) mass is 364 g/mol. The number of nitrogens with one attached hydrogen (secondary N) is 1. The van der Waals surface area contributed by atoms with E-state index in [4.69, 9.17) is 0 Å². The van der Waals surface area contributed by atoms with Gasteiger partial charge in [-0.1, -0.05) is 19.8 Å². The van der Waals surface area contributed by atoms with Crippen LogP contribution in [-0.4, -0.2) is 11.0 Å². The molecule has 0 amide bonds. The summed E-state index contributed by atoms with van der Waals surface area (Å²) in [7, 11) is 0. The van der Waals surface area contributed by atoms with Crippen molar-refractivity contribution < 1.29 is 13.2 Å². The average Bonchev–Trinajstić information content (AvgIpc) is 2.42. The molecule has 118 valence electrons. The van der Waals surface area contributed by atoms with Crippen molar-refractivity contribution in [3.63, 3.8) is 0 Å². The number of hydrogen-bond acceptors (Lipinski definition) is 2. The van der Waals surface area contributed by atoms with Gasteiger partial charge in [-0.25, -0.2) is 4.98 Å². The third kappa shape index (κ3) is 4.59. The summed E-state index contributed by atoms with van der Waals surface area (Å²) in [5, 5.41) is 2.99. The Morgan fingerprint density at radius 2 is 1.95 bits per heavy atom. The average molecular weight is 365 g/mol. The normalized spacial score (nSPS) is 23.1. The van der Waals surface area contributed by atoms with Crippen molar-refractivity contribution in [3.8, 4) is 0 Å². The zero-order chi connectivity index (χ0) is 15.5. The van der Waals surface area contributed by atoms with Crippen LogP contribution in [0.1, 0.15) is 51.0 Å². The van der Waals surface area contributed by atoms with E-state index >= 15 is 0 Å². The molecule has 1 aromatic heterocycles. The molecule has 1 N–H and O–H groups in total. The van der Waals surface area contributed by atoms with Gasteiger partial charge in [0.2, 0.25) is 0 Å². The van der Waals surface area contributed by atoms with Crippen LogP contribution in [0.3, 0.4) is 0 Å². The molecule has 1 aromatic rings. The summed E-state index contributed by atoms with van der Waals surface area (Å²) in [6.07, 6.45) is 3.41. The Bertz CT molecular complexity index is 468. The van der Waals surface area contributed by atoms with E-state index in [1.165, 1.54) is 19.0 Å². The second-order valence-corrected chi connectivity index (χ2v) is 6.61. The molecule has 0 aliphatic heterocycles. The summed E-state index contributed by atoms with van der Waals surface area (Å²) in [4.78, 5) is 3.92. The quantitative estimate of drug-likeness (QED) is 0.748. The summed E-state index contributed by atoms with van der Waals surface area (Å²) < 4.78 is 39.5. The van der Waals surface area contributed by atoms with Crippen LogP contribution < -0.4 is 5.32 Å². The minimum absolute atomic E-state index is 0.0513. The van der Waals surface area contributed by atoms with E-state index in [9.17, 15) is 13.2 Å². The maximum absolute atomic E-state index is 13.0. The molecule has 0 aromatic carbocycles. The van der Waals surface area contributed by atoms with E-state index in [1.807, 2.05) is 0 Å². The van der Waals surface area contributed by atoms with Crippen LogP contribution in [0.4, 0.5) is 19.0 Å². The lowest BCUT2D eigenvalue weighted by Crippen LogP contribution is -2.27. The number of anilines is 1. The van der Waals surface area contributed by atoms with E-state index in [-0.39, 0.29) is 11.9 Å². The maximum atomic E-state index is 13.0. The summed E-state index contributed by atoms with van der Waals surface area (Å²) in [5.74, 6) is 0.678. The number of aromatic nitrogens is 1. The SMILES string of the molecule is CCCC1CCC(Nc2ncc(Br)cc2C(F)(F)F)CC1. The van der Waals surface area contributed by atoms with Gasteiger partial charge in [-0.3, -0.25) is 0 Å². The number of alkyl halides is 3. The highest BCUT2D eigenvalue weighted by atomic mass is 79.9. The Morgan fingerprint density at radius 1 is 1.29 bits per heavy atom. The molecule has 0 unspecified atom stereocenters. The van der Waals surface area contributed by atoms with E-state index in [0.29, 0.717) is 4.47 Å². The molecule has 1 saturated carbocycles. The predicted octanol–water partition coefficient (Wildman–Crippen LogP) is 5.63. The topological polar surface area (TPSA) is 24.9 Å². The molecule has 0 saturated heterocycles. The third-order valence-corrected chi connectivity index (χ3v) is 4.48. The Kier molecular flexibility index (Phi) is 5.52. The highest BCUT2D eigenvalue weighted by Crippen LogP contribution is 2.37. The molecule has 0 atom stereocenters. The number of hydrogen-bond donors (Lipinski definition) is 1. The zero-order valence-corrected chi connectivity index (χ0v) is 13.6. The predicted molar refractivity (Wildman–Crippen MR) is 81.2 cm³/mol. The van der Waals surface area contributed by atoms with Crippen molar-refractivity contribution in [1.29, 1.82) is 0 Å². The van der Waals surface area contributed by atoms with Crippen LogP contribution in [0.5, 0.6) is 0 Å². The Labute approximate surface area is 131 Å². The first kappa shape index (κ1) is 16.6. The summed E-state index contributed by atoms with van der Waals surface area (Å²) in [6, 6.07) is 1.17. The first-order chi connectivity index (χ1) is 9.90. The zero-order valence-electron chi connectivity index (χ0n) is 12.0. The first-order valence-corrected chi connectivity index (χ1v) is 8.18. The molecule has 1 aliphatic rings. The summed E-state index contributed by atoms with van der Waals surface area (Å²) in [5.41, 5.74) is -0.701. The molecule has 2 nitrogen and oxygen atoms in total. The fraction of sp³-hybridized carbons (Fsp3) is 0.667. The standard InChI is InChI=1S/C15H20BrF3N2/c1-2-3-10-4-6-12(7-5-10)21-14-13(15(17,18)19)8-11(16)9-20-14/h8-10,12H,2-7H2,1H3,(H,20,21). The molecule has 21 heavy (non-hydrogen) atoms. The van der Waals surface area contributed by atoms with Gasteiger partial charge in [-0.15, -0.1) is 0 Å². The largest absolute Gasteiger partial charge is 0.419 e. The van der Waals surface area contributed by atoms with Crippen LogP contribution >= 0.6 is 15.9 Å². The van der Waals surface area contributed by atoms with Crippen molar-refractivity contribution in [2.24, 2.45) is 5.92 Å². The number of pyridine rings is 1. The molecule has 0 spiro atoms. The van der Waals surface area contributed by atoms with Crippen molar-refractivity contribution in [3.05, 3.63) is 22.3 Å². The molecular formula is C15H20BrF3N2. The minimum atomic E-state index is -4.39. The van der Waals surface area contributed by atoms with Crippen molar-refractivity contribution >= 4 is 21.7 Å².